The SMILES string of the molecule is C1CC2C3CCC(C3)C2C1.C1CC2C3CCC(C3)C2C1.C=CCc1ccccc1OCc1ccc(P2(=O)Oc3ccccc3-c3ccccc32)cc1.C=CCc1ccccc1OCc1ccc(P2(=O)Oc3ccccc3-c3ccccc32)cc1.C=CCc1ccccc1OCc1ccc(P2(=O)Oc3ccccc3-c3ccccc32)cc1.CC.CC.CC.CC. The minimum absolute atomic E-state index is 0.430. The Hall–Kier alpha value is -10.7. The third kappa shape index (κ3) is 20.2. The first-order valence-corrected chi connectivity index (χ1v) is 50.5. The van der Waals surface area contributed by atoms with Crippen molar-refractivity contribution in [1.82, 2.24) is 0 Å². The predicted octanol–water partition coefficient (Wildman–Crippen LogP) is 28.6. The van der Waals surface area contributed by atoms with Gasteiger partial charge in [-0.2, -0.15) is 0 Å². The number of fused-ring (bicyclic) bond motifs is 19. The van der Waals surface area contributed by atoms with Gasteiger partial charge < -0.3 is 27.8 Å². The van der Waals surface area contributed by atoms with Crippen molar-refractivity contribution in [2.45, 2.75) is 172 Å². The highest BCUT2D eigenvalue weighted by atomic mass is 31.2. The van der Waals surface area contributed by atoms with Crippen LogP contribution in [0.25, 0.3) is 33.4 Å². The Morgan fingerprint density at radius 2 is 0.508 bits per heavy atom. The third-order valence-corrected chi connectivity index (χ3v) is 33.0. The molecule has 6 saturated carbocycles. The maximum Gasteiger partial charge on any atom is 0.307 e. The van der Waals surface area contributed by atoms with Crippen LogP contribution in [-0.4, -0.2) is 0 Å². The number of hydrogen-bond donors (Lipinski definition) is 0. The Morgan fingerprint density at radius 3 is 0.766 bits per heavy atom. The monoisotopic (exact) mass is 1710 g/mol. The molecule has 12 heteroatoms. The Kier molecular flexibility index (Phi) is 32.2. The summed E-state index contributed by atoms with van der Waals surface area (Å²) in [7, 11) is -9.76. The largest absolute Gasteiger partial charge is 0.489 e. The molecule has 3 heterocycles. The van der Waals surface area contributed by atoms with E-state index in [9.17, 15) is 13.7 Å². The van der Waals surface area contributed by atoms with Crippen molar-refractivity contribution in [3.05, 3.63) is 363 Å². The van der Waals surface area contributed by atoms with E-state index in [1.165, 1.54) is 47.3 Å². The van der Waals surface area contributed by atoms with Gasteiger partial charge in [0.2, 0.25) is 0 Å². The average molecular weight is 1710 g/mol. The molecule has 12 aromatic carbocycles. The molecule has 3 aliphatic heterocycles. The van der Waals surface area contributed by atoms with Crippen molar-refractivity contribution in [3.63, 3.8) is 0 Å². The van der Waals surface area contributed by atoms with Crippen molar-refractivity contribution in [1.29, 1.82) is 0 Å². The molecule has 21 rings (SSSR count). The lowest BCUT2D eigenvalue weighted by molar-refractivity contribution is 0.259. The zero-order valence-corrected chi connectivity index (χ0v) is 76.6. The normalized spacial score (nSPS) is 22.2. The van der Waals surface area contributed by atoms with E-state index in [2.05, 4.69) is 19.7 Å². The van der Waals surface area contributed by atoms with Gasteiger partial charge in [-0.05, 0) is 272 Å². The van der Waals surface area contributed by atoms with E-state index >= 15 is 0 Å². The van der Waals surface area contributed by atoms with E-state index < -0.39 is 22.1 Å². The van der Waals surface area contributed by atoms with Gasteiger partial charge in [-0.15, -0.1) is 19.7 Å². The summed E-state index contributed by atoms with van der Waals surface area (Å²) in [5.41, 5.74) is 12.1. The molecule has 9 nitrogen and oxygen atoms in total. The van der Waals surface area contributed by atoms with E-state index in [-0.39, 0.29) is 0 Å². The third-order valence-electron chi connectivity index (χ3n) is 25.6. The van der Waals surface area contributed by atoms with Crippen molar-refractivity contribution in [3.8, 4) is 67.9 Å². The summed E-state index contributed by atoms with van der Waals surface area (Å²) >= 11 is 0. The van der Waals surface area contributed by atoms with Gasteiger partial charge in [-0.1, -0.05) is 287 Å². The smallest absolute Gasteiger partial charge is 0.307 e. The number of ether oxygens (including phenoxy) is 3. The lowest BCUT2D eigenvalue weighted by Crippen LogP contribution is -2.25. The first-order valence-electron chi connectivity index (χ1n) is 45.7. The predicted molar refractivity (Wildman–Crippen MR) is 520 cm³/mol. The summed E-state index contributed by atoms with van der Waals surface area (Å²) in [6, 6.07) is 93.6. The molecular formula is C112H125O9P3. The van der Waals surface area contributed by atoms with Crippen molar-refractivity contribution in [2.24, 2.45) is 47.3 Å². The Labute approximate surface area is 739 Å². The molecule has 0 amide bonds. The first-order chi connectivity index (χ1) is 61.0. The minimum Gasteiger partial charge on any atom is -0.489 e. The molecule has 4 bridgehead atoms. The molecule has 6 aliphatic carbocycles. The summed E-state index contributed by atoms with van der Waals surface area (Å²) in [5.74, 6) is 14.1. The van der Waals surface area contributed by atoms with Crippen LogP contribution in [0.4, 0.5) is 0 Å². The second-order valence-electron chi connectivity index (χ2n) is 32.3. The van der Waals surface area contributed by atoms with E-state index in [1.807, 2.05) is 365 Å². The van der Waals surface area contributed by atoms with Crippen LogP contribution in [0.15, 0.2) is 329 Å². The fourth-order valence-electron chi connectivity index (χ4n) is 20.1. The van der Waals surface area contributed by atoms with Gasteiger partial charge in [-0.25, -0.2) is 0 Å². The molecule has 0 saturated heterocycles. The zero-order chi connectivity index (χ0) is 87.0. The number of rotatable bonds is 18. The Bertz CT molecular complexity index is 5110. The van der Waals surface area contributed by atoms with Gasteiger partial charge in [0.25, 0.3) is 0 Å². The molecule has 0 radical (unpaired) electrons. The van der Waals surface area contributed by atoms with Gasteiger partial charge in [0.05, 0.1) is 31.8 Å². The zero-order valence-electron chi connectivity index (χ0n) is 73.9. The fourth-order valence-corrected chi connectivity index (χ4v) is 26.9. The Balaban J connectivity index is 0.000000138. The second-order valence-corrected chi connectivity index (χ2v) is 39.2. The highest BCUT2D eigenvalue weighted by Gasteiger charge is 2.50. The van der Waals surface area contributed by atoms with E-state index in [4.69, 9.17) is 27.8 Å². The molecule has 12 aromatic rings. The summed E-state index contributed by atoms with van der Waals surface area (Å²) in [6.07, 6.45) is 27.0. The van der Waals surface area contributed by atoms with E-state index in [0.717, 1.165) is 119 Å². The van der Waals surface area contributed by atoms with Gasteiger partial charge >= 0.3 is 22.1 Å². The lowest BCUT2D eigenvalue weighted by atomic mass is 9.82. The Morgan fingerprint density at radius 1 is 0.282 bits per heavy atom. The summed E-state index contributed by atoms with van der Waals surface area (Å²) < 4.78 is 79.1. The molecule has 124 heavy (non-hydrogen) atoms. The fraction of sp³-hybridized carbons (Fsp3) is 0.304. The average Bonchev–Trinajstić information content (AvgIpc) is 1.48. The maximum atomic E-state index is 14.2. The minimum atomic E-state index is -3.25. The van der Waals surface area contributed by atoms with Gasteiger partial charge in [0.15, 0.2) is 0 Å². The van der Waals surface area contributed by atoms with Crippen molar-refractivity contribution < 1.29 is 41.5 Å². The molecule has 642 valence electrons. The van der Waals surface area contributed by atoms with E-state index in [0.29, 0.717) is 53.0 Å². The van der Waals surface area contributed by atoms with Gasteiger partial charge in [-0.3, -0.25) is 13.7 Å². The first kappa shape index (κ1) is 91.1. The van der Waals surface area contributed by atoms with Crippen molar-refractivity contribution >= 4 is 53.9 Å². The van der Waals surface area contributed by atoms with Crippen molar-refractivity contribution in [2.75, 3.05) is 0 Å². The summed E-state index contributed by atoms with van der Waals surface area (Å²) in [5, 5.41) is 4.24. The van der Waals surface area contributed by atoms with Crippen LogP contribution in [0.5, 0.6) is 34.5 Å². The van der Waals surface area contributed by atoms with Crippen LogP contribution < -0.4 is 59.6 Å². The second kappa shape index (κ2) is 43.8. The van der Waals surface area contributed by atoms with Crippen LogP contribution in [0, 0.1) is 47.3 Å². The highest BCUT2D eigenvalue weighted by Crippen LogP contribution is 2.61. The maximum absolute atomic E-state index is 14.2. The molecular weight excluding hydrogens is 1580 g/mol. The molecule has 9 aliphatic rings. The summed E-state index contributed by atoms with van der Waals surface area (Å²) in [4.78, 5) is 0. The lowest BCUT2D eigenvalue weighted by Gasteiger charge is -2.28. The number of para-hydroxylation sites is 6. The van der Waals surface area contributed by atoms with Crippen LogP contribution in [0.2, 0.25) is 0 Å². The topological polar surface area (TPSA) is 107 Å². The molecule has 0 aromatic heterocycles. The number of hydrogen-bond acceptors (Lipinski definition) is 9. The molecule has 11 unspecified atom stereocenters. The highest BCUT2D eigenvalue weighted by molar-refractivity contribution is 7.76. The quantitative estimate of drug-likeness (QED) is 0.0613. The molecule has 0 N–H and O–H groups in total. The van der Waals surface area contributed by atoms with Crippen LogP contribution in [-0.2, 0) is 52.8 Å². The number of allylic oxidation sites excluding steroid dienone is 3. The van der Waals surface area contributed by atoms with Crippen LogP contribution >= 0.6 is 22.1 Å². The summed E-state index contributed by atoms with van der Waals surface area (Å²) in [6.45, 7) is 28.7. The van der Waals surface area contributed by atoms with E-state index in [1.54, 1.807) is 77.0 Å². The van der Waals surface area contributed by atoms with Gasteiger partial charge in [0, 0.05) is 16.7 Å². The van der Waals surface area contributed by atoms with Crippen LogP contribution in [0.3, 0.4) is 0 Å². The molecule has 11 atom stereocenters. The van der Waals surface area contributed by atoms with Crippen LogP contribution in [0.1, 0.15) is 166 Å². The molecule has 6 fully saturated rings. The molecule has 0 spiro atoms. The van der Waals surface area contributed by atoms with Gasteiger partial charge in [0.1, 0.15) is 54.3 Å². The standard InChI is InChI=1S/3C28H23O3P.2C10H16.4C2H6/c3*1-2-9-22-10-3-6-13-26(22)30-20-21-16-18-23(19-17-21)32(29)28-15-8-5-12-25(28)24-11-4-7-14-27(24)31-32;2*1-2-9-7-4-5-8(6-7)10(9)3-1;4*1-2/h3*2-8,10-19H,1,9,20H2;2*7-10H,1-6H2;4*1-2H3. The number of benzene rings is 12.